The summed E-state index contributed by atoms with van der Waals surface area (Å²) in [6.07, 6.45) is 9.56. The number of hydrogen-bond acceptors (Lipinski definition) is 4. The quantitative estimate of drug-likeness (QED) is 0.464. The molecule has 6 nitrogen and oxygen atoms in total. The molecule has 6 heteroatoms. The molecule has 3 aromatic rings. The van der Waals surface area contributed by atoms with Crippen molar-refractivity contribution in [2.75, 3.05) is 13.2 Å². The van der Waals surface area contributed by atoms with Crippen LogP contribution in [0, 0.1) is 5.92 Å². The number of hydrogen-bond donors (Lipinski definition) is 3. The first-order valence-corrected chi connectivity index (χ1v) is 11.9. The van der Waals surface area contributed by atoms with Gasteiger partial charge in [0.15, 0.2) is 0 Å². The van der Waals surface area contributed by atoms with Crippen molar-refractivity contribution < 1.29 is 14.7 Å². The Kier molecular flexibility index (Phi) is 8.04. The number of pyridine rings is 1. The van der Waals surface area contributed by atoms with Crippen LogP contribution in [0.3, 0.4) is 0 Å². The smallest absolute Gasteiger partial charge is 0.251 e. The van der Waals surface area contributed by atoms with Gasteiger partial charge in [-0.15, -0.1) is 0 Å². The fraction of sp³-hybridized carbons (Fsp3) is 0.321. The maximum Gasteiger partial charge on any atom is 0.251 e. The van der Waals surface area contributed by atoms with Gasteiger partial charge in [-0.3, -0.25) is 14.6 Å². The van der Waals surface area contributed by atoms with Gasteiger partial charge in [0.1, 0.15) is 0 Å². The van der Waals surface area contributed by atoms with Crippen LogP contribution in [0.1, 0.15) is 64.4 Å². The first kappa shape index (κ1) is 23.6. The van der Waals surface area contributed by atoms with E-state index in [4.69, 9.17) is 0 Å². The van der Waals surface area contributed by atoms with Gasteiger partial charge in [0.2, 0.25) is 0 Å². The molecule has 1 aliphatic rings. The number of carbonyl (C=O) groups excluding carboxylic acids is 2. The summed E-state index contributed by atoms with van der Waals surface area (Å²) in [5.41, 5.74) is 3.73. The van der Waals surface area contributed by atoms with E-state index >= 15 is 0 Å². The number of nitrogens with zero attached hydrogens (tertiary/aromatic N) is 1. The predicted molar refractivity (Wildman–Crippen MR) is 132 cm³/mol. The Morgan fingerprint density at radius 3 is 2.29 bits per heavy atom. The standard InChI is InChI=1S/C28H31N3O3/c32-19-26(31-28(34)23-11-9-21(10-12-23)22-13-15-29-16-14-22)24-7-4-8-25(17-24)27(33)30-18-20-5-2-1-3-6-20/h4,7-17,20,26,32H,1-3,5-6,18-19H2,(H,30,33)(H,31,34)/t26-/m1/s1. The van der Waals surface area contributed by atoms with E-state index in [9.17, 15) is 14.7 Å². The van der Waals surface area contributed by atoms with Gasteiger partial charge in [-0.05, 0) is 71.8 Å². The molecule has 34 heavy (non-hydrogen) atoms. The number of aliphatic hydroxyl groups is 1. The summed E-state index contributed by atoms with van der Waals surface area (Å²) in [7, 11) is 0. The minimum Gasteiger partial charge on any atom is -0.394 e. The normalized spacial score (nSPS) is 14.9. The third-order valence-corrected chi connectivity index (χ3v) is 6.48. The van der Waals surface area contributed by atoms with Crippen LogP contribution in [0.15, 0.2) is 73.1 Å². The van der Waals surface area contributed by atoms with Crippen molar-refractivity contribution in [3.8, 4) is 11.1 Å². The average molecular weight is 458 g/mol. The van der Waals surface area contributed by atoms with Crippen LogP contribution in [0.5, 0.6) is 0 Å². The Hall–Kier alpha value is -3.51. The van der Waals surface area contributed by atoms with Crippen LogP contribution in [-0.4, -0.2) is 35.1 Å². The lowest BCUT2D eigenvalue weighted by atomic mass is 9.89. The van der Waals surface area contributed by atoms with E-state index in [1.807, 2.05) is 30.3 Å². The van der Waals surface area contributed by atoms with E-state index in [0.29, 0.717) is 29.2 Å². The van der Waals surface area contributed by atoms with Crippen LogP contribution in [-0.2, 0) is 0 Å². The van der Waals surface area contributed by atoms with Gasteiger partial charge < -0.3 is 15.7 Å². The Morgan fingerprint density at radius 2 is 1.59 bits per heavy atom. The van der Waals surface area contributed by atoms with Gasteiger partial charge in [0.05, 0.1) is 12.6 Å². The van der Waals surface area contributed by atoms with E-state index in [2.05, 4.69) is 15.6 Å². The van der Waals surface area contributed by atoms with Gasteiger partial charge in [0.25, 0.3) is 11.8 Å². The summed E-state index contributed by atoms with van der Waals surface area (Å²) < 4.78 is 0. The number of nitrogens with one attached hydrogen (secondary N) is 2. The molecule has 0 radical (unpaired) electrons. The minimum absolute atomic E-state index is 0.123. The van der Waals surface area contributed by atoms with E-state index in [1.54, 1.807) is 42.7 Å². The van der Waals surface area contributed by atoms with Crippen molar-refractivity contribution in [1.29, 1.82) is 0 Å². The molecular formula is C28H31N3O3. The number of aliphatic hydroxyl groups excluding tert-OH is 1. The zero-order chi connectivity index (χ0) is 23.8. The molecule has 0 aliphatic heterocycles. The highest BCUT2D eigenvalue weighted by molar-refractivity contribution is 5.95. The number of rotatable bonds is 8. The summed E-state index contributed by atoms with van der Waals surface area (Å²) >= 11 is 0. The summed E-state index contributed by atoms with van der Waals surface area (Å²) in [5, 5.41) is 15.9. The van der Waals surface area contributed by atoms with Gasteiger partial charge in [-0.1, -0.05) is 43.5 Å². The van der Waals surface area contributed by atoms with Crippen molar-refractivity contribution in [2.45, 2.75) is 38.1 Å². The molecule has 3 N–H and O–H groups in total. The molecule has 1 aliphatic carbocycles. The summed E-state index contributed by atoms with van der Waals surface area (Å²) in [5.74, 6) is 0.143. The molecule has 0 bridgehead atoms. The lowest BCUT2D eigenvalue weighted by Crippen LogP contribution is -2.32. The molecule has 176 valence electrons. The Labute approximate surface area is 200 Å². The molecule has 2 aromatic carbocycles. The summed E-state index contributed by atoms with van der Waals surface area (Å²) in [6.45, 7) is 0.423. The number of aromatic nitrogens is 1. The van der Waals surface area contributed by atoms with Crippen LogP contribution in [0.2, 0.25) is 0 Å². The molecule has 4 rings (SSSR count). The topological polar surface area (TPSA) is 91.3 Å². The molecule has 0 saturated heterocycles. The van der Waals surface area contributed by atoms with E-state index in [1.165, 1.54) is 32.1 Å². The molecule has 0 spiro atoms. The second-order valence-electron chi connectivity index (χ2n) is 8.86. The first-order chi connectivity index (χ1) is 16.6. The van der Waals surface area contributed by atoms with Crippen molar-refractivity contribution >= 4 is 11.8 Å². The Morgan fingerprint density at radius 1 is 0.882 bits per heavy atom. The zero-order valence-corrected chi connectivity index (χ0v) is 19.2. The molecule has 1 aromatic heterocycles. The van der Waals surface area contributed by atoms with Gasteiger partial charge >= 0.3 is 0 Å². The molecule has 1 saturated carbocycles. The first-order valence-electron chi connectivity index (χ1n) is 11.9. The summed E-state index contributed by atoms with van der Waals surface area (Å²) in [6, 6.07) is 17.6. The van der Waals surface area contributed by atoms with Crippen LogP contribution < -0.4 is 10.6 Å². The summed E-state index contributed by atoms with van der Waals surface area (Å²) in [4.78, 5) is 29.5. The maximum absolute atomic E-state index is 12.8. The lowest BCUT2D eigenvalue weighted by molar-refractivity contribution is 0.0915. The highest BCUT2D eigenvalue weighted by Gasteiger charge is 2.18. The number of benzene rings is 2. The number of carbonyl (C=O) groups is 2. The van der Waals surface area contributed by atoms with E-state index in [0.717, 1.165) is 11.1 Å². The Bertz CT molecular complexity index is 1090. The van der Waals surface area contributed by atoms with Crippen LogP contribution >= 0.6 is 0 Å². The SMILES string of the molecule is O=C(NCC1CCCCC1)c1cccc([C@@H](CO)NC(=O)c2ccc(-c3ccncc3)cc2)c1. The van der Waals surface area contributed by atoms with Gasteiger partial charge in [-0.2, -0.15) is 0 Å². The van der Waals surface area contributed by atoms with Crippen LogP contribution in [0.25, 0.3) is 11.1 Å². The van der Waals surface area contributed by atoms with Crippen molar-refractivity contribution in [2.24, 2.45) is 5.92 Å². The molecular weight excluding hydrogens is 426 g/mol. The number of amides is 2. The van der Waals surface area contributed by atoms with E-state index < -0.39 is 6.04 Å². The highest BCUT2D eigenvalue weighted by atomic mass is 16.3. The maximum atomic E-state index is 12.8. The largest absolute Gasteiger partial charge is 0.394 e. The van der Waals surface area contributed by atoms with Crippen molar-refractivity contribution in [1.82, 2.24) is 15.6 Å². The molecule has 1 heterocycles. The predicted octanol–water partition coefficient (Wildman–Crippen LogP) is 4.52. The fourth-order valence-electron chi connectivity index (χ4n) is 4.46. The average Bonchev–Trinajstić information content (AvgIpc) is 2.91. The minimum atomic E-state index is -0.613. The highest BCUT2D eigenvalue weighted by Crippen LogP contribution is 2.23. The second kappa shape index (κ2) is 11.6. The van der Waals surface area contributed by atoms with E-state index in [-0.39, 0.29) is 18.4 Å². The van der Waals surface area contributed by atoms with Crippen molar-refractivity contribution in [3.63, 3.8) is 0 Å². The third kappa shape index (κ3) is 6.08. The van der Waals surface area contributed by atoms with Gasteiger partial charge in [0, 0.05) is 30.1 Å². The van der Waals surface area contributed by atoms with Gasteiger partial charge in [-0.25, -0.2) is 0 Å². The van der Waals surface area contributed by atoms with Crippen molar-refractivity contribution in [3.05, 3.63) is 89.7 Å². The zero-order valence-electron chi connectivity index (χ0n) is 19.2. The third-order valence-electron chi connectivity index (χ3n) is 6.48. The second-order valence-corrected chi connectivity index (χ2v) is 8.86. The molecule has 2 amide bonds. The molecule has 1 fully saturated rings. The van der Waals surface area contributed by atoms with Crippen LogP contribution in [0.4, 0.5) is 0 Å². The lowest BCUT2D eigenvalue weighted by Gasteiger charge is -2.22. The Balaban J connectivity index is 1.39. The fourth-order valence-corrected chi connectivity index (χ4v) is 4.46. The molecule has 1 atom stereocenters. The monoisotopic (exact) mass is 457 g/mol. The molecule has 0 unspecified atom stereocenters.